The Bertz CT molecular complexity index is 1220. The minimum Gasteiger partial charge on any atom is -0.481 e. The summed E-state index contributed by atoms with van der Waals surface area (Å²) in [6, 6.07) is 5.90. The number of allylic oxidation sites excluding steroid dienone is 7. The molecule has 1 aromatic carbocycles. The van der Waals surface area contributed by atoms with Gasteiger partial charge in [-0.2, -0.15) is 0 Å². The summed E-state index contributed by atoms with van der Waals surface area (Å²) in [4.78, 5) is 34.4. The Morgan fingerprint density at radius 3 is 2.21 bits per heavy atom. The maximum atomic E-state index is 13.6. The summed E-state index contributed by atoms with van der Waals surface area (Å²) in [5, 5.41) is 8.90. The molecule has 0 fully saturated rings. The molecular formula is C31H37F2N3O3. The van der Waals surface area contributed by atoms with E-state index in [1.807, 2.05) is 0 Å². The summed E-state index contributed by atoms with van der Waals surface area (Å²) in [6.45, 7) is 10.9. The van der Waals surface area contributed by atoms with Crippen LogP contribution in [-0.4, -0.2) is 53.9 Å². The molecule has 1 N–H and O–H groups in total. The van der Waals surface area contributed by atoms with E-state index < -0.39 is 11.8 Å². The molecule has 0 saturated carbocycles. The van der Waals surface area contributed by atoms with Crippen LogP contribution in [0.3, 0.4) is 0 Å². The lowest BCUT2D eigenvalue weighted by Crippen LogP contribution is -2.29. The van der Waals surface area contributed by atoms with Gasteiger partial charge in [0.1, 0.15) is 11.6 Å². The van der Waals surface area contributed by atoms with Gasteiger partial charge < -0.3 is 10.0 Å². The average molecular weight is 538 g/mol. The number of nitrogens with zero attached hydrogens (tertiary/aromatic N) is 3. The first-order chi connectivity index (χ1) is 18.5. The van der Waals surface area contributed by atoms with Gasteiger partial charge in [0.15, 0.2) is 0 Å². The van der Waals surface area contributed by atoms with Crippen molar-refractivity contribution in [1.29, 1.82) is 0 Å². The fourth-order valence-corrected chi connectivity index (χ4v) is 3.47. The van der Waals surface area contributed by atoms with Crippen LogP contribution >= 0.6 is 0 Å². The van der Waals surface area contributed by atoms with E-state index in [-0.39, 0.29) is 18.1 Å². The van der Waals surface area contributed by atoms with Crippen LogP contribution in [0.25, 0.3) is 0 Å². The fourth-order valence-electron chi connectivity index (χ4n) is 3.47. The number of rotatable bonds is 15. The minimum atomic E-state index is -0.856. The highest BCUT2D eigenvalue weighted by atomic mass is 19.1. The molecule has 1 rings (SSSR count). The number of unbranched alkanes of at least 4 members (excludes halogenated alkanes) is 1. The summed E-state index contributed by atoms with van der Waals surface area (Å²) in [6.07, 6.45) is 10.4. The molecule has 39 heavy (non-hydrogen) atoms. The van der Waals surface area contributed by atoms with Gasteiger partial charge in [0, 0.05) is 43.9 Å². The van der Waals surface area contributed by atoms with Crippen molar-refractivity contribution in [3.8, 4) is 0 Å². The number of halogens is 2. The lowest BCUT2D eigenvalue weighted by atomic mass is 10.0. The third-order valence-electron chi connectivity index (χ3n) is 5.53. The Hall–Kier alpha value is -4.20. The molecule has 0 heterocycles. The zero-order valence-corrected chi connectivity index (χ0v) is 23.1. The zero-order valence-electron chi connectivity index (χ0n) is 23.1. The van der Waals surface area contributed by atoms with E-state index in [0.717, 1.165) is 11.6 Å². The number of carbonyl (C=O) groups is 2. The summed E-state index contributed by atoms with van der Waals surface area (Å²) < 4.78 is 26.8. The minimum absolute atomic E-state index is 0.0638. The Kier molecular flexibility index (Phi) is 14.6. The van der Waals surface area contributed by atoms with Crippen LogP contribution < -0.4 is 0 Å². The predicted octanol–water partition coefficient (Wildman–Crippen LogP) is 6.79. The van der Waals surface area contributed by atoms with Crippen LogP contribution in [0.4, 0.5) is 8.78 Å². The standard InChI is InChI=1S/C31H37F2N3O3/c1-7-24(31(39)36(6)21-22(3)13-18-26(32)8-2)15-14-23(4)35-30(25-16-19-27(33)20-17-25)28(34-5)11-9-10-12-29(37)38/h7-8,13-20H,1-2,9-12,21H2,3-6H3,(H,37,38)/b22-13+,23-14+,24-15+,26-18+,34-28-,35-30-. The van der Waals surface area contributed by atoms with E-state index in [1.165, 1.54) is 29.2 Å². The SMILES string of the molecule is C=C/C(F)=C\C=C(/C)CN(C)C(=O)/C(C=C)=C/C=C(C)/N=C(\C(CCCCC(=O)O)=N/C)c1ccc(F)cc1. The number of carboxylic acids is 1. The number of carboxylic acid groups (broad SMARTS) is 1. The second-order valence-corrected chi connectivity index (χ2v) is 8.80. The summed E-state index contributed by atoms with van der Waals surface area (Å²) >= 11 is 0. The first-order valence-corrected chi connectivity index (χ1v) is 12.5. The van der Waals surface area contributed by atoms with E-state index in [0.29, 0.717) is 54.1 Å². The topological polar surface area (TPSA) is 82.3 Å². The molecule has 0 atom stereocenters. The molecule has 0 aliphatic heterocycles. The second-order valence-electron chi connectivity index (χ2n) is 8.80. The molecule has 8 heteroatoms. The largest absolute Gasteiger partial charge is 0.481 e. The van der Waals surface area contributed by atoms with Crippen LogP contribution in [0.2, 0.25) is 0 Å². The van der Waals surface area contributed by atoms with E-state index in [4.69, 9.17) is 10.1 Å². The van der Waals surface area contributed by atoms with Gasteiger partial charge >= 0.3 is 5.97 Å². The van der Waals surface area contributed by atoms with Crippen LogP contribution in [0, 0.1) is 5.82 Å². The smallest absolute Gasteiger partial charge is 0.303 e. The Morgan fingerprint density at radius 1 is 1.00 bits per heavy atom. The number of amides is 1. The van der Waals surface area contributed by atoms with E-state index >= 15 is 0 Å². The summed E-state index contributed by atoms with van der Waals surface area (Å²) in [7, 11) is 3.27. The highest BCUT2D eigenvalue weighted by molar-refractivity contribution is 6.48. The maximum absolute atomic E-state index is 13.6. The van der Waals surface area contributed by atoms with Gasteiger partial charge in [-0.1, -0.05) is 30.9 Å². The molecule has 0 unspecified atom stereocenters. The van der Waals surface area contributed by atoms with Gasteiger partial charge in [0.25, 0.3) is 5.91 Å². The third kappa shape index (κ3) is 12.3. The maximum Gasteiger partial charge on any atom is 0.303 e. The molecule has 0 aliphatic carbocycles. The molecule has 0 aromatic heterocycles. The molecule has 0 aliphatic rings. The molecule has 0 saturated heterocycles. The van der Waals surface area contributed by atoms with Crippen molar-refractivity contribution in [3.63, 3.8) is 0 Å². The second kappa shape index (κ2) is 17.3. The van der Waals surface area contributed by atoms with Crippen LogP contribution in [0.1, 0.15) is 45.1 Å². The fraction of sp³-hybridized carbons (Fsp3) is 0.290. The van der Waals surface area contributed by atoms with Crippen molar-refractivity contribution in [2.45, 2.75) is 39.5 Å². The van der Waals surface area contributed by atoms with Crippen molar-refractivity contribution in [2.75, 3.05) is 20.6 Å². The van der Waals surface area contributed by atoms with E-state index in [2.05, 4.69) is 18.2 Å². The number of carbonyl (C=O) groups excluding carboxylic acids is 1. The van der Waals surface area contributed by atoms with Gasteiger partial charge in [0.2, 0.25) is 0 Å². The third-order valence-corrected chi connectivity index (χ3v) is 5.53. The predicted molar refractivity (Wildman–Crippen MR) is 155 cm³/mol. The van der Waals surface area contributed by atoms with Crippen molar-refractivity contribution in [3.05, 3.63) is 108 Å². The molecule has 0 radical (unpaired) electrons. The molecule has 0 spiro atoms. The Balaban J connectivity index is 3.23. The van der Waals surface area contributed by atoms with Crippen LogP contribution in [-0.2, 0) is 9.59 Å². The highest BCUT2D eigenvalue weighted by Gasteiger charge is 2.14. The van der Waals surface area contributed by atoms with Crippen molar-refractivity contribution >= 4 is 23.3 Å². The number of benzene rings is 1. The van der Waals surface area contributed by atoms with Gasteiger partial charge in [-0.3, -0.25) is 19.6 Å². The highest BCUT2D eigenvalue weighted by Crippen LogP contribution is 2.14. The Labute approximate surface area is 229 Å². The molecular weight excluding hydrogens is 500 g/mol. The van der Waals surface area contributed by atoms with Gasteiger partial charge in [-0.25, -0.2) is 8.78 Å². The lowest BCUT2D eigenvalue weighted by Gasteiger charge is -2.18. The van der Waals surface area contributed by atoms with Crippen LogP contribution in [0.15, 0.2) is 107 Å². The van der Waals surface area contributed by atoms with E-state index in [9.17, 15) is 18.4 Å². The Morgan fingerprint density at radius 2 is 1.64 bits per heavy atom. The summed E-state index contributed by atoms with van der Waals surface area (Å²) in [5.74, 6) is -1.97. The normalized spacial score (nSPS) is 13.8. The zero-order chi connectivity index (χ0) is 29.4. The number of hydrogen-bond donors (Lipinski definition) is 1. The van der Waals surface area contributed by atoms with Crippen molar-refractivity contribution < 1.29 is 23.5 Å². The molecule has 0 bridgehead atoms. The van der Waals surface area contributed by atoms with Gasteiger partial charge in [-0.15, -0.1) is 0 Å². The first-order valence-electron chi connectivity index (χ1n) is 12.5. The van der Waals surface area contributed by atoms with E-state index in [1.54, 1.807) is 58.3 Å². The first kappa shape index (κ1) is 32.8. The molecule has 6 nitrogen and oxygen atoms in total. The summed E-state index contributed by atoms with van der Waals surface area (Å²) in [5.41, 5.74) is 3.55. The number of hydrogen-bond acceptors (Lipinski definition) is 4. The van der Waals surface area contributed by atoms with Gasteiger partial charge in [0.05, 0.1) is 11.4 Å². The average Bonchev–Trinajstić information content (AvgIpc) is 2.91. The molecule has 208 valence electrons. The number of likely N-dealkylation sites (N-methyl/N-ethyl adjacent to an activating group) is 1. The van der Waals surface area contributed by atoms with Gasteiger partial charge in [-0.05, 0) is 81.7 Å². The monoisotopic (exact) mass is 537 g/mol. The van der Waals surface area contributed by atoms with Crippen LogP contribution in [0.5, 0.6) is 0 Å². The number of aliphatic imine (C=N–C) groups is 2. The quantitative estimate of drug-likeness (QED) is 0.116. The van der Waals surface area contributed by atoms with Crippen molar-refractivity contribution in [1.82, 2.24) is 4.90 Å². The number of aliphatic carboxylic acids is 1. The molecule has 1 amide bonds. The molecule has 1 aromatic rings. The van der Waals surface area contributed by atoms with Crippen molar-refractivity contribution in [2.24, 2.45) is 9.98 Å². The lowest BCUT2D eigenvalue weighted by molar-refractivity contribution is -0.137.